The van der Waals surface area contributed by atoms with E-state index in [4.69, 9.17) is 0 Å². The number of likely N-dealkylation sites (N-methyl/N-ethyl adjacent to an activating group) is 1. The number of rotatable bonds is 10. The van der Waals surface area contributed by atoms with Crippen LogP contribution in [0.2, 0.25) is 0 Å². The van der Waals surface area contributed by atoms with Crippen LogP contribution in [0.4, 0.5) is 0 Å². The molecule has 0 aliphatic rings. The minimum atomic E-state index is -0.791. The molecule has 0 aliphatic heterocycles. The lowest BCUT2D eigenvalue weighted by atomic mass is 10.1. The summed E-state index contributed by atoms with van der Waals surface area (Å²) in [6.45, 7) is 7.45. The van der Waals surface area contributed by atoms with Crippen LogP contribution in [-0.4, -0.2) is 35.1 Å². The van der Waals surface area contributed by atoms with Crippen LogP contribution in [-0.2, 0) is 4.79 Å². The number of hydrogen-bond donors (Lipinski definition) is 1. The van der Waals surface area contributed by atoms with E-state index in [-0.39, 0.29) is 5.91 Å². The highest BCUT2D eigenvalue weighted by molar-refractivity contribution is 5.80. The van der Waals surface area contributed by atoms with Crippen molar-refractivity contribution in [3.63, 3.8) is 0 Å². The van der Waals surface area contributed by atoms with Gasteiger partial charge < -0.3 is 10.0 Å². The summed E-state index contributed by atoms with van der Waals surface area (Å²) in [5, 5.41) is 9.76. The van der Waals surface area contributed by atoms with E-state index in [1.807, 2.05) is 13.8 Å². The van der Waals surface area contributed by atoms with Crippen LogP contribution in [0.25, 0.3) is 0 Å². The lowest BCUT2D eigenvalue weighted by Gasteiger charge is -2.21. The molecule has 0 spiro atoms. The van der Waals surface area contributed by atoms with Crippen molar-refractivity contribution in [2.75, 3.05) is 13.1 Å². The number of hydrogen-bond acceptors (Lipinski definition) is 2. The lowest BCUT2D eigenvalue weighted by molar-refractivity contribution is -0.140. The number of carbonyl (C=O) groups is 1. The number of aliphatic hydroxyl groups is 1. The predicted molar refractivity (Wildman–Crippen MR) is 71.9 cm³/mol. The first-order valence-electron chi connectivity index (χ1n) is 7.14. The molecular formula is C14H29NO2. The normalized spacial score (nSPS) is 12.5. The van der Waals surface area contributed by atoms with Gasteiger partial charge in [0.15, 0.2) is 0 Å². The molecule has 0 aromatic carbocycles. The predicted octanol–water partition coefficient (Wildman–Crippen LogP) is 2.97. The van der Waals surface area contributed by atoms with Crippen molar-refractivity contribution >= 4 is 5.91 Å². The molecule has 0 aromatic rings. The summed E-state index contributed by atoms with van der Waals surface area (Å²) in [5.74, 6) is -0.108. The van der Waals surface area contributed by atoms with Crippen LogP contribution in [0.3, 0.4) is 0 Å². The molecule has 0 radical (unpaired) electrons. The zero-order valence-corrected chi connectivity index (χ0v) is 11.7. The highest BCUT2D eigenvalue weighted by atomic mass is 16.3. The van der Waals surface area contributed by atoms with Gasteiger partial charge in [-0.1, -0.05) is 45.4 Å². The molecule has 0 saturated heterocycles. The summed E-state index contributed by atoms with van der Waals surface area (Å²) in [5.41, 5.74) is 0. The van der Waals surface area contributed by atoms with Crippen molar-refractivity contribution in [3.05, 3.63) is 0 Å². The summed E-state index contributed by atoms with van der Waals surface area (Å²) < 4.78 is 0. The molecule has 1 amide bonds. The van der Waals surface area contributed by atoms with Gasteiger partial charge in [0, 0.05) is 13.1 Å². The van der Waals surface area contributed by atoms with Gasteiger partial charge >= 0.3 is 0 Å². The molecule has 3 nitrogen and oxygen atoms in total. The van der Waals surface area contributed by atoms with E-state index in [0.717, 1.165) is 12.8 Å². The first-order chi connectivity index (χ1) is 8.17. The molecule has 0 bridgehead atoms. The van der Waals surface area contributed by atoms with E-state index in [2.05, 4.69) is 6.92 Å². The van der Waals surface area contributed by atoms with Gasteiger partial charge in [-0.15, -0.1) is 0 Å². The van der Waals surface area contributed by atoms with Crippen LogP contribution < -0.4 is 0 Å². The van der Waals surface area contributed by atoms with Crippen LogP contribution >= 0.6 is 0 Å². The third-order valence-electron chi connectivity index (χ3n) is 3.19. The summed E-state index contributed by atoms with van der Waals surface area (Å²) in [4.78, 5) is 13.4. The minimum Gasteiger partial charge on any atom is -0.383 e. The largest absolute Gasteiger partial charge is 0.383 e. The Balaban J connectivity index is 3.63. The fraction of sp³-hybridized carbons (Fsp3) is 0.929. The van der Waals surface area contributed by atoms with Crippen molar-refractivity contribution < 1.29 is 9.90 Å². The summed E-state index contributed by atoms with van der Waals surface area (Å²) in [7, 11) is 0. The Morgan fingerprint density at radius 3 is 2.06 bits per heavy atom. The molecule has 0 aliphatic carbocycles. The highest BCUT2D eigenvalue weighted by Gasteiger charge is 2.18. The van der Waals surface area contributed by atoms with Gasteiger partial charge in [0.1, 0.15) is 6.10 Å². The second-order valence-electron chi connectivity index (χ2n) is 4.58. The summed E-state index contributed by atoms with van der Waals surface area (Å²) in [6.07, 6.45) is 6.95. The molecule has 1 N–H and O–H groups in total. The molecule has 3 heteroatoms. The Morgan fingerprint density at radius 1 is 1.00 bits per heavy atom. The second kappa shape index (κ2) is 10.6. The molecule has 0 aromatic heterocycles. The van der Waals surface area contributed by atoms with E-state index in [0.29, 0.717) is 19.5 Å². The van der Waals surface area contributed by atoms with E-state index >= 15 is 0 Å². The SMILES string of the molecule is CCCCCCCC[C@@H](O)C(=O)N(CC)CC. The summed E-state index contributed by atoms with van der Waals surface area (Å²) >= 11 is 0. The van der Waals surface area contributed by atoms with Crippen molar-refractivity contribution in [2.24, 2.45) is 0 Å². The van der Waals surface area contributed by atoms with Gasteiger partial charge in [-0.2, -0.15) is 0 Å². The van der Waals surface area contributed by atoms with Gasteiger partial charge in [0.2, 0.25) is 0 Å². The van der Waals surface area contributed by atoms with Crippen LogP contribution in [0.15, 0.2) is 0 Å². The molecule has 102 valence electrons. The molecule has 0 fully saturated rings. The Morgan fingerprint density at radius 2 is 1.53 bits per heavy atom. The lowest BCUT2D eigenvalue weighted by Crippen LogP contribution is -2.38. The Hall–Kier alpha value is -0.570. The fourth-order valence-electron chi connectivity index (χ4n) is 1.99. The van der Waals surface area contributed by atoms with Gasteiger partial charge in [-0.25, -0.2) is 0 Å². The Kier molecular flexibility index (Phi) is 10.2. The van der Waals surface area contributed by atoms with Gasteiger partial charge in [-0.05, 0) is 20.3 Å². The third kappa shape index (κ3) is 7.37. The fourth-order valence-corrected chi connectivity index (χ4v) is 1.99. The maximum absolute atomic E-state index is 11.7. The second-order valence-corrected chi connectivity index (χ2v) is 4.58. The van der Waals surface area contributed by atoms with Crippen LogP contribution in [0, 0.1) is 0 Å². The smallest absolute Gasteiger partial charge is 0.251 e. The topological polar surface area (TPSA) is 40.5 Å². The number of aliphatic hydroxyl groups excluding tert-OH is 1. The maximum Gasteiger partial charge on any atom is 0.251 e. The number of nitrogens with zero attached hydrogens (tertiary/aromatic N) is 1. The van der Waals surface area contributed by atoms with Gasteiger partial charge in [0.05, 0.1) is 0 Å². The Labute approximate surface area is 106 Å². The van der Waals surface area contributed by atoms with Crippen molar-refractivity contribution in [2.45, 2.75) is 71.8 Å². The molecule has 17 heavy (non-hydrogen) atoms. The summed E-state index contributed by atoms with van der Waals surface area (Å²) in [6, 6.07) is 0. The Bertz CT molecular complexity index is 191. The standard InChI is InChI=1S/C14H29NO2/c1-4-7-8-9-10-11-12-13(16)14(17)15(5-2)6-3/h13,16H,4-12H2,1-3H3/t13-/m1/s1. The minimum absolute atomic E-state index is 0.108. The van der Waals surface area contributed by atoms with E-state index in [1.165, 1.54) is 25.7 Å². The van der Waals surface area contributed by atoms with E-state index < -0.39 is 6.10 Å². The first kappa shape index (κ1) is 16.4. The highest BCUT2D eigenvalue weighted by Crippen LogP contribution is 2.10. The van der Waals surface area contributed by atoms with Gasteiger partial charge in [0.25, 0.3) is 5.91 Å². The molecule has 1 atom stereocenters. The monoisotopic (exact) mass is 243 g/mol. The van der Waals surface area contributed by atoms with Gasteiger partial charge in [-0.3, -0.25) is 4.79 Å². The molecule has 0 unspecified atom stereocenters. The third-order valence-corrected chi connectivity index (χ3v) is 3.19. The zero-order valence-electron chi connectivity index (χ0n) is 11.7. The van der Waals surface area contributed by atoms with E-state index in [9.17, 15) is 9.90 Å². The molecule has 0 rings (SSSR count). The first-order valence-corrected chi connectivity index (χ1v) is 7.14. The molecule has 0 saturated carbocycles. The van der Waals surface area contributed by atoms with Crippen molar-refractivity contribution in [3.8, 4) is 0 Å². The van der Waals surface area contributed by atoms with Crippen molar-refractivity contribution in [1.29, 1.82) is 0 Å². The van der Waals surface area contributed by atoms with Crippen molar-refractivity contribution in [1.82, 2.24) is 4.90 Å². The molecule has 0 heterocycles. The maximum atomic E-state index is 11.7. The quantitative estimate of drug-likeness (QED) is 0.599. The molecular weight excluding hydrogens is 214 g/mol. The van der Waals surface area contributed by atoms with E-state index in [1.54, 1.807) is 4.90 Å². The number of unbranched alkanes of at least 4 members (excludes halogenated alkanes) is 5. The number of amides is 1. The van der Waals surface area contributed by atoms with Crippen LogP contribution in [0.5, 0.6) is 0 Å². The zero-order chi connectivity index (χ0) is 13.1. The average Bonchev–Trinajstić information content (AvgIpc) is 2.34. The van der Waals surface area contributed by atoms with Crippen LogP contribution in [0.1, 0.15) is 65.7 Å². The average molecular weight is 243 g/mol. The number of carbonyl (C=O) groups excluding carboxylic acids is 1.